The van der Waals surface area contributed by atoms with Crippen LogP contribution in [0.5, 0.6) is 0 Å². The third-order valence-corrected chi connectivity index (χ3v) is 5.25. The maximum absolute atomic E-state index is 12.0. The van der Waals surface area contributed by atoms with E-state index in [-0.39, 0.29) is 5.91 Å². The zero-order chi connectivity index (χ0) is 15.9. The van der Waals surface area contributed by atoms with Gasteiger partial charge in [0.05, 0.1) is 5.75 Å². The predicted molar refractivity (Wildman–Crippen MR) is 93.4 cm³/mol. The molecule has 0 atom stereocenters. The van der Waals surface area contributed by atoms with Crippen molar-refractivity contribution in [3.63, 3.8) is 0 Å². The number of benzene rings is 1. The molecular weight excluding hydrogens is 306 g/mol. The first-order valence-corrected chi connectivity index (χ1v) is 9.28. The molecule has 4 nitrogen and oxygen atoms in total. The zero-order valence-electron chi connectivity index (χ0n) is 13.3. The molecule has 1 aromatic carbocycles. The fraction of sp³-hybridized carbons (Fsp3) is 0.444. The largest absolute Gasteiger partial charge is 0.351 e. The SMILES string of the molecule is O=C(CSc1nccn1C1CCCCC1)NCc1ccccc1. The number of hydrogen-bond donors (Lipinski definition) is 1. The number of amides is 1. The Hall–Kier alpha value is -1.75. The van der Waals surface area contributed by atoms with Crippen LogP contribution < -0.4 is 5.32 Å². The van der Waals surface area contributed by atoms with Crippen molar-refractivity contribution in [3.8, 4) is 0 Å². The molecule has 0 aliphatic heterocycles. The van der Waals surface area contributed by atoms with E-state index in [0.717, 1.165) is 10.7 Å². The first-order valence-electron chi connectivity index (χ1n) is 8.29. The molecule has 1 amide bonds. The highest BCUT2D eigenvalue weighted by molar-refractivity contribution is 7.99. The van der Waals surface area contributed by atoms with Gasteiger partial charge in [-0.05, 0) is 18.4 Å². The van der Waals surface area contributed by atoms with E-state index in [0.29, 0.717) is 18.3 Å². The lowest BCUT2D eigenvalue weighted by molar-refractivity contribution is -0.118. The number of hydrogen-bond acceptors (Lipinski definition) is 3. The molecule has 23 heavy (non-hydrogen) atoms. The lowest BCUT2D eigenvalue weighted by Crippen LogP contribution is -2.24. The van der Waals surface area contributed by atoms with E-state index in [4.69, 9.17) is 0 Å². The molecule has 3 rings (SSSR count). The van der Waals surface area contributed by atoms with E-state index in [1.165, 1.54) is 43.9 Å². The van der Waals surface area contributed by atoms with Gasteiger partial charge in [-0.3, -0.25) is 4.79 Å². The van der Waals surface area contributed by atoms with Crippen LogP contribution in [-0.4, -0.2) is 21.2 Å². The first-order chi connectivity index (χ1) is 11.3. The molecule has 1 fully saturated rings. The third-order valence-electron chi connectivity index (χ3n) is 4.27. The topological polar surface area (TPSA) is 46.9 Å². The summed E-state index contributed by atoms with van der Waals surface area (Å²) in [4.78, 5) is 16.5. The van der Waals surface area contributed by atoms with Gasteiger partial charge in [-0.25, -0.2) is 4.98 Å². The molecular formula is C18H23N3OS. The van der Waals surface area contributed by atoms with Gasteiger partial charge >= 0.3 is 0 Å². The summed E-state index contributed by atoms with van der Waals surface area (Å²) in [5, 5.41) is 3.93. The highest BCUT2D eigenvalue weighted by Gasteiger charge is 2.18. The summed E-state index contributed by atoms with van der Waals surface area (Å²) >= 11 is 1.53. The number of aromatic nitrogens is 2. The monoisotopic (exact) mass is 329 g/mol. The van der Waals surface area contributed by atoms with Crippen molar-refractivity contribution in [1.29, 1.82) is 0 Å². The van der Waals surface area contributed by atoms with Crippen molar-refractivity contribution in [3.05, 3.63) is 48.3 Å². The van der Waals surface area contributed by atoms with E-state index < -0.39 is 0 Å². The van der Waals surface area contributed by atoms with E-state index >= 15 is 0 Å². The maximum atomic E-state index is 12.0. The van der Waals surface area contributed by atoms with Crippen molar-refractivity contribution in [1.82, 2.24) is 14.9 Å². The standard InChI is InChI=1S/C18H23N3OS/c22-17(20-13-15-7-3-1-4-8-15)14-23-18-19-11-12-21(18)16-9-5-2-6-10-16/h1,3-4,7-8,11-12,16H,2,5-6,9-10,13-14H2,(H,20,22). The smallest absolute Gasteiger partial charge is 0.230 e. The van der Waals surface area contributed by atoms with Crippen LogP contribution >= 0.6 is 11.8 Å². The van der Waals surface area contributed by atoms with Gasteiger partial charge in [0.25, 0.3) is 0 Å². The number of thioether (sulfide) groups is 1. The van der Waals surface area contributed by atoms with Gasteiger partial charge in [0.15, 0.2) is 5.16 Å². The number of nitrogens with zero attached hydrogens (tertiary/aromatic N) is 2. The van der Waals surface area contributed by atoms with Crippen LogP contribution in [0.2, 0.25) is 0 Å². The molecule has 5 heteroatoms. The van der Waals surface area contributed by atoms with Gasteiger partial charge in [0.1, 0.15) is 0 Å². The molecule has 1 heterocycles. The van der Waals surface area contributed by atoms with Crippen LogP contribution in [-0.2, 0) is 11.3 Å². The molecule has 0 unspecified atom stereocenters. The van der Waals surface area contributed by atoms with Gasteiger partial charge in [0, 0.05) is 25.0 Å². The Balaban J connectivity index is 1.48. The molecule has 1 N–H and O–H groups in total. The Morgan fingerprint density at radius 3 is 2.78 bits per heavy atom. The zero-order valence-corrected chi connectivity index (χ0v) is 14.1. The summed E-state index contributed by atoms with van der Waals surface area (Å²) in [6, 6.07) is 10.5. The summed E-state index contributed by atoms with van der Waals surface area (Å²) in [5.41, 5.74) is 1.12. The summed E-state index contributed by atoms with van der Waals surface area (Å²) in [7, 11) is 0. The minimum absolute atomic E-state index is 0.0528. The van der Waals surface area contributed by atoms with Crippen LogP contribution in [0.1, 0.15) is 43.7 Å². The molecule has 1 aliphatic carbocycles. The Bertz CT molecular complexity index is 620. The van der Waals surface area contributed by atoms with Gasteiger partial charge in [-0.15, -0.1) is 0 Å². The molecule has 0 bridgehead atoms. The fourth-order valence-corrected chi connectivity index (χ4v) is 3.88. The second kappa shape index (κ2) is 8.20. The van der Waals surface area contributed by atoms with Gasteiger partial charge in [-0.2, -0.15) is 0 Å². The van der Waals surface area contributed by atoms with Crippen molar-refractivity contribution in [2.45, 2.75) is 49.8 Å². The summed E-state index contributed by atoms with van der Waals surface area (Å²) < 4.78 is 2.26. The summed E-state index contributed by atoms with van der Waals surface area (Å²) in [6.07, 6.45) is 10.3. The van der Waals surface area contributed by atoms with Crippen molar-refractivity contribution in [2.24, 2.45) is 0 Å². The van der Waals surface area contributed by atoms with Crippen molar-refractivity contribution in [2.75, 3.05) is 5.75 Å². The maximum Gasteiger partial charge on any atom is 0.230 e. The normalized spacial score (nSPS) is 15.5. The summed E-state index contributed by atoms with van der Waals surface area (Å²) in [6.45, 7) is 0.581. The Morgan fingerprint density at radius 1 is 1.22 bits per heavy atom. The van der Waals surface area contributed by atoms with E-state index in [1.807, 2.05) is 36.5 Å². The molecule has 1 aliphatic rings. The number of imidazole rings is 1. The molecule has 0 radical (unpaired) electrons. The minimum atomic E-state index is 0.0528. The second-order valence-electron chi connectivity index (χ2n) is 5.96. The van der Waals surface area contributed by atoms with E-state index in [9.17, 15) is 4.79 Å². The Morgan fingerprint density at radius 2 is 2.00 bits per heavy atom. The van der Waals surface area contributed by atoms with Gasteiger partial charge < -0.3 is 9.88 Å². The van der Waals surface area contributed by atoms with Crippen LogP contribution in [0.4, 0.5) is 0 Å². The quantitative estimate of drug-likeness (QED) is 0.820. The first kappa shape index (κ1) is 16.1. The molecule has 0 saturated heterocycles. The van der Waals surface area contributed by atoms with E-state index in [2.05, 4.69) is 21.1 Å². The van der Waals surface area contributed by atoms with Crippen LogP contribution in [0.25, 0.3) is 0 Å². The number of carbonyl (C=O) groups is 1. The average Bonchev–Trinajstić information content (AvgIpc) is 3.08. The Kier molecular flexibility index (Phi) is 5.75. The van der Waals surface area contributed by atoms with Gasteiger partial charge in [-0.1, -0.05) is 61.4 Å². The highest BCUT2D eigenvalue weighted by atomic mass is 32.2. The number of carbonyl (C=O) groups excluding carboxylic acids is 1. The van der Waals surface area contributed by atoms with Gasteiger partial charge in [0.2, 0.25) is 5.91 Å². The second-order valence-corrected chi connectivity index (χ2v) is 6.90. The fourth-order valence-electron chi connectivity index (χ4n) is 3.03. The highest BCUT2D eigenvalue weighted by Crippen LogP contribution is 2.31. The van der Waals surface area contributed by atoms with Crippen LogP contribution in [0.15, 0.2) is 47.9 Å². The van der Waals surface area contributed by atoms with Crippen LogP contribution in [0.3, 0.4) is 0 Å². The lowest BCUT2D eigenvalue weighted by atomic mass is 9.95. The molecule has 1 aromatic heterocycles. The van der Waals surface area contributed by atoms with Crippen molar-refractivity contribution < 1.29 is 4.79 Å². The minimum Gasteiger partial charge on any atom is -0.351 e. The molecule has 2 aromatic rings. The lowest BCUT2D eigenvalue weighted by Gasteiger charge is -2.24. The number of rotatable bonds is 6. The van der Waals surface area contributed by atoms with Crippen LogP contribution in [0, 0.1) is 0 Å². The molecule has 0 spiro atoms. The van der Waals surface area contributed by atoms with Crippen molar-refractivity contribution >= 4 is 17.7 Å². The number of nitrogens with one attached hydrogen (secondary N) is 1. The Labute approximate surface area is 141 Å². The summed E-state index contributed by atoms with van der Waals surface area (Å²) in [5.74, 6) is 0.466. The molecule has 122 valence electrons. The third kappa shape index (κ3) is 4.61. The molecule has 1 saturated carbocycles. The van der Waals surface area contributed by atoms with E-state index in [1.54, 1.807) is 0 Å². The predicted octanol–water partition coefficient (Wildman–Crippen LogP) is 3.80. The average molecular weight is 329 g/mol.